The Kier molecular flexibility index (Phi) is 5.57. The van der Waals surface area contributed by atoms with Crippen molar-refractivity contribution in [1.29, 1.82) is 0 Å². The molecule has 0 amide bonds. The van der Waals surface area contributed by atoms with Gasteiger partial charge in [-0.1, -0.05) is 24.2 Å². The first kappa shape index (κ1) is 20.0. The van der Waals surface area contributed by atoms with Crippen LogP contribution in [0.5, 0.6) is 0 Å². The number of piperazine rings is 1. The Hall–Kier alpha value is -2.96. The number of fused-ring (bicyclic) bond motifs is 1. The van der Waals surface area contributed by atoms with E-state index in [0.29, 0.717) is 0 Å². The summed E-state index contributed by atoms with van der Waals surface area (Å²) < 4.78 is 6.47. The van der Waals surface area contributed by atoms with Gasteiger partial charge in [0.2, 0.25) is 0 Å². The number of oxime groups is 1. The molecule has 1 aliphatic heterocycles. The molecule has 0 bridgehead atoms. The lowest BCUT2D eigenvalue weighted by Gasteiger charge is -2.33. The number of benzene rings is 1. The van der Waals surface area contributed by atoms with Gasteiger partial charge in [-0.3, -0.25) is 9.88 Å². The fourth-order valence-electron chi connectivity index (χ4n) is 4.68. The molecule has 3 aromatic rings. The number of aromatic nitrogens is 1. The Morgan fingerprint density at radius 1 is 0.935 bits per heavy atom. The highest BCUT2D eigenvalue weighted by atomic mass is 16.4. The highest BCUT2D eigenvalue weighted by Crippen LogP contribution is 2.37. The standard InChI is InChI=1S/C25H28N4O2/c1-2-28-11-13-29(14-12-28)17-21-16-23(18-7-9-26-10-8-18)25(31-21)20-3-5-22-19(15-20)4-6-24(22)27-30/h3,5,7-10,15-16,30H,2,4,6,11-14,17H2,1H3. The number of hydrogen-bond donors (Lipinski definition) is 1. The van der Waals surface area contributed by atoms with E-state index in [0.717, 1.165) is 91.6 Å². The minimum Gasteiger partial charge on any atom is -0.459 e. The van der Waals surface area contributed by atoms with E-state index in [1.807, 2.05) is 24.5 Å². The minimum absolute atomic E-state index is 0.766. The van der Waals surface area contributed by atoms with Crippen molar-refractivity contribution in [2.45, 2.75) is 26.3 Å². The molecular weight excluding hydrogens is 388 g/mol. The number of nitrogens with zero attached hydrogens (tertiary/aromatic N) is 4. The number of likely N-dealkylation sites (N-methyl/N-ethyl adjacent to an activating group) is 1. The SMILES string of the molecule is CCN1CCN(Cc2cc(-c3ccncc3)c(-c3ccc4c(c3)CCC4=NO)o2)CC1. The molecule has 6 heteroatoms. The average Bonchev–Trinajstić information content (AvgIpc) is 3.43. The molecule has 0 unspecified atom stereocenters. The maximum atomic E-state index is 9.24. The van der Waals surface area contributed by atoms with Gasteiger partial charge in [-0.25, -0.2) is 0 Å². The Labute approximate surface area is 182 Å². The summed E-state index contributed by atoms with van der Waals surface area (Å²) in [6, 6.07) is 12.5. The number of rotatable bonds is 5. The van der Waals surface area contributed by atoms with Gasteiger partial charge < -0.3 is 14.5 Å². The van der Waals surface area contributed by atoms with E-state index in [1.54, 1.807) is 0 Å². The monoisotopic (exact) mass is 416 g/mol. The summed E-state index contributed by atoms with van der Waals surface area (Å²) in [6.07, 6.45) is 5.31. The van der Waals surface area contributed by atoms with E-state index in [2.05, 4.69) is 51.1 Å². The molecule has 2 aromatic heterocycles. The van der Waals surface area contributed by atoms with Crippen LogP contribution >= 0.6 is 0 Å². The van der Waals surface area contributed by atoms with Gasteiger partial charge in [0.05, 0.1) is 12.3 Å². The van der Waals surface area contributed by atoms with E-state index in [1.165, 1.54) is 5.56 Å². The van der Waals surface area contributed by atoms with E-state index in [-0.39, 0.29) is 0 Å². The lowest BCUT2D eigenvalue weighted by atomic mass is 9.99. The summed E-state index contributed by atoms with van der Waals surface area (Å²) in [5.41, 5.74) is 6.28. The van der Waals surface area contributed by atoms with Crippen molar-refractivity contribution in [3.8, 4) is 22.5 Å². The van der Waals surface area contributed by atoms with E-state index < -0.39 is 0 Å². The van der Waals surface area contributed by atoms with Gasteiger partial charge >= 0.3 is 0 Å². The molecule has 0 saturated carbocycles. The predicted octanol–water partition coefficient (Wildman–Crippen LogP) is 4.27. The van der Waals surface area contributed by atoms with Crippen molar-refractivity contribution in [2.75, 3.05) is 32.7 Å². The molecule has 1 saturated heterocycles. The first-order valence-electron chi connectivity index (χ1n) is 11.1. The average molecular weight is 417 g/mol. The zero-order valence-corrected chi connectivity index (χ0v) is 17.9. The molecular formula is C25H28N4O2. The van der Waals surface area contributed by atoms with Crippen LogP contribution in [0.15, 0.2) is 58.4 Å². The molecule has 0 radical (unpaired) electrons. The molecule has 160 valence electrons. The van der Waals surface area contributed by atoms with Crippen molar-refractivity contribution < 1.29 is 9.62 Å². The summed E-state index contributed by atoms with van der Waals surface area (Å²) in [7, 11) is 0. The molecule has 1 aromatic carbocycles. The first-order valence-corrected chi connectivity index (χ1v) is 11.1. The molecule has 2 aliphatic rings. The van der Waals surface area contributed by atoms with Crippen LogP contribution < -0.4 is 0 Å². The summed E-state index contributed by atoms with van der Waals surface area (Å²) in [5.74, 6) is 1.88. The highest BCUT2D eigenvalue weighted by Gasteiger charge is 2.23. The van der Waals surface area contributed by atoms with Crippen LogP contribution in [0.2, 0.25) is 0 Å². The second-order valence-corrected chi connectivity index (χ2v) is 8.32. The number of aryl methyl sites for hydroxylation is 1. The molecule has 6 nitrogen and oxygen atoms in total. The zero-order chi connectivity index (χ0) is 21.2. The Bertz CT molecular complexity index is 1080. The summed E-state index contributed by atoms with van der Waals surface area (Å²) in [5, 5.41) is 12.7. The van der Waals surface area contributed by atoms with Crippen LogP contribution in [0.25, 0.3) is 22.5 Å². The fourth-order valence-corrected chi connectivity index (χ4v) is 4.68. The van der Waals surface area contributed by atoms with Gasteiger partial charge in [-0.05, 0) is 54.8 Å². The van der Waals surface area contributed by atoms with Crippen molar-refractivity contribution in [3.63, 3.8) is 0 Å². The lowest BCUT2D eigenvalue weighted by Crippen LogP contribution is -2.45. The number of hydrogen-bond acceptors (Lipinski definition) is 6. The Morgan fingerprint density at radius 3 is 2.45 bits per heavy atom. The fraction of sp³-hybridized carbons (Fsp3) is 0.360. The van der Waals surface area contributed by atoms with Crippen LogP contribution in [0, 0.1) is 0 Å². The maximum Gasteiger partial charge on any atom is 0.142 e. The van der Waals surface area contributed by atoms with Crippen molar-refractivity contribution in [2.24, 2.45) is 5.16 Å². The van der Waals surface area contributed by atoms with Gasteiger partial charge in [0.25, 0.3) is 0 Å². The second kappa shape index (κ2) is 8.65. The smallest absolute Gasteiger partial charge is 0.142 e. The van der Waals surface area contributed by atoms with Gasteiger partial charge in [0.1, 0.15) is 11.5 Å². The quantitative estimate of drug-likeness (QED) is 0.497. The highest BCUT2D eigenvalue weighted by molar-refractivity contribution is 6.04. The summed E-state index contributed by atoms with van der Waals surface area (Å²) in [4.78, 5) is 9.13. The zero-order valence-electron chi connectivity index (χ0n) is 17.9. The molecule has 1 N–H and O–H groups in total. The van der Waals surface area contributed by atoms with Gasteiger partial charge in [0.15, 0.2) is 0 Å². The number of furan rings is 1. The van der Waals surface area contributed by atoms with Crippen molar-refractivity contribution in [3.05, 3.63) is 65.7 Å². The molecule has 5 rings (SSSR count). The molecule has 1 aliphatic carbocycles. The van der Waals surface area contributed by atoms with Crippen molar-refractivity contribution >= 4 is 5.71 Å². The van der Waals surface area contributed by atoms with Crippen LogP contribution in [-0.4, -0.2) is 58.4 Å². The summed E-state index contributed by atoms with van der Waals surface area (Å²) in [6.45, 7) is 8.52. The number of pyridine rings is 1. The third-order valence-corrected chi connectivity index (χ3v) is 6.50. The van der Waals surface area contributed by atoms with Gasteiger partial charge in [-0.2, -0.15) is 0 Å². The van der Waals surface area contributed by atoms with Crippen LogP contribution in [0.3, 0.4) is 0 Å². The van der Waals surface area contributed by atoms with Crippen LogP contribution in [-0.2, 0) is 13.0 Å². The third kappa shape index (κ3) is 4.01. The largest absolute Gasteiger partial charge is 0.459 e. The van der Waals surface area contributed by atoms with E-state index in [9.17, 15) is 5.21 Å². The maximum absolute atomic E-state index is 9.24. The molecule has 0 spiro atoms. The lowest BCUT2D eigenvalue weighted by molar-refractivity contribution is 0.125. The molecule has 1 fully saturated rings. The summed E-state index contributed by atoms with van der Waals surface area (Å²) >= 11 is 0. The predicted molar refractivity (Wildman–Crippen MR) is 121 cm³/mol. The third-order valence-electron chi connectivity index (χ3n) is 6.50. The van der Waals surface area contributed by atoms with E-state index in [4.69, 9.17) is 4.42 Å². The van der Waals surface area contributed by atoms with E-state index >= 15 is 0 Å². The van der Waals surface area contributed by atoms with Crippen molar-refractivity contribution in [1.82, 2.24) is 14.8 Å². The molecule has 31 heavy (non-hydrogen) atoms. The molecule has 3 heterocycles. The molecule has 0 atom stereocenters. The minimum atomic E-state index is 0.766. The Balaban J connectivity index is 1.48. The van der Waals surface area contributed by atoms with Crippen LogP contribution in [0.4, 0.5) is 0 Å². The van der Waals surface area contributed by atoms with Crippen LogP contribution in [0.1, 0.15) is 30.2 Å². The second-order valence-electron chi connectivity index (χ2n) is 8.32. The topological polar surface area (TPSA) is 65.1 Å². The van der Waals surface area contributed by atoms with Gasteiger partial charge in [0, 0.05) is 55.3 Å². The normalized spacial score (nSPS) is 18.5. The Morgan fingerprint density at radius 2 is 1.71 bits per heavy atom. The van der Waals surface area contributed by atoms with Gasteiger partial charge in [-0.15, -0.1) is 0 Å². The first-order chi connectivity index (χ1) is 15.2.